The number of hydrogen-bond acceptors (Lipinski definition) is 3. The van der Waals surface area contributed by atoms with Crippen LogP contribution in [0.4, 0.5) is 5.69 Å². The van der Waals surface area contributed by atoms with E-state index in [0.717, 1.165) is 5.56 Å². The molecule has 0 radical (unpaired) electrons. The zero-order valence-electron chi connectivity index (χ0n) is 10.1. The fourth-order valence-electron chi connectivity index (χ4n) is 1.37. The van der Waals surface area contributed by atoms with Crippen molar-refractivity contribution in [1.29, 1.82) is 0 Å². The van der Waals surface area contributed by atoms with Gasteiger partial charge in [0.05, 0.1) is 18.4 Å². The van der Waals surface area contributed by atoms with Crippen molar-refractivity contribution in [1.82, 2.24) is 0 Å². The summed E-state index contributed by atoms with van der Waals surface area (Å²) in [4.78, 5) is 22.9. The smallest absolute Gasteiger partial charge is 0.339 e. The van der Waals surface area contributed by atoms with Crippen LogP contribution < -0.4 is 5.32 Å². The van der Waals surface area contributed by atoms with Crippen molar-refractivity contribution < 1.29 is 14.3 Å². The van der Waals surface area contributed by atoms with Crippen LogP contribution in [0.2, 0.25) is 0 Å². The Labute approximate surface area is 100 Å². The number of anilines is 1. The van der Waals surface area contributed by atoms with Gasteiger partial charge in [-0.15, -0.1) is 0 Å². The highest BCUT2D eigenvalue weighted by molar-refractivity contribution is 6.04. The number of carbonyl (C=O) groups excluding carboxylic acids is 2. The Balaban J connectivity index is 3.06. The van der Waals surface area contributed by atoms with E-state index >= 15 is 0 Å². The highest BCUT2D eigenvalue weighted by Crippen LogP contribution is 2.18. The van der Waals surface area contributed by atoms with E-state index in [2.05, 4.69) is 10.1 Å². The second-order valence-electron chi connectivity index (χ2n) is 3.53. The van der Waals surface area contributed by atoms with Crippen molar-refractivity contribution in [2.45, 2.75) is 13.8 Å². The van der Waals surface area contributed by atoms with Gasteiger partial charge < -0.3 is 10.1 Å². The van der Waals surface area contributed by atoms with E-state index in [9.17, 15) is 9.59 Å². The summed E-state index contributed by atoms with van der Waals surface area (Å²) in [6, 6.07) is 5.18. The van der Waals surface area contributed by atoms with E-state index in [4.69, 9.17) is 0 Å². The van der Waals surface area contributed by atoms with Gasteiger partial charge in [-0.05, 0) is 32.1 Å². The summed E-state index contributed by atoms with van der Waals surface area (Å²) in [6.07, 6.45) is 3.02. The first kappa shape index (κ1) is 13.0. The molecule has 0 aliphatic rings. The number of ether oxygens (including phenoxy) is 1. The zero-order chi connectivity index (χ0) is 12.8. The lowest BCUT2D eigenvalue weighted by Gasteiger charge is -2.09. The number of methoxy groups -OCH3 is 1. The Morgan fingerprint density at radius 2 is 2.06 bits per heavy atom. The molecule has 1 aromatic carbocycles. The molecule has 0 aliphatic heterocycles. The van der Waals surface area contributed by atoms with Crippen LogP contribution in [-0.4, -0.2) is 19.0 Å². The lowest BCUT2D eigenvalue weighted by molar-refractivity contribution is -0.111. The topological polar surface area (TPSA) is 55.4 Å². The monoisotopic (exact) mass is 233 g/mol. The molecule has 0 unspecified atom stereocenters. The molecule has 0 spiro atoms. The zero-order valence-corrected chi connectivity index (χ0v) is 10.1. The molecular formula is C13H15NO3. The first-order valence-corrected chi connectivity index (χ1v) is 5.21. The summed E-state index contributed by atoms with van der Waals surface area (Å²) in [5.74, 6) is -0.744. The van der Waals surface area contributed by atoms with Crippen LogP contribution in [0.15, 0.2) is 30.4 Å². The van der Waals surface area contributed by atoms with Crippen LogP contribution >= 0.6 is 0 Å². The maximum Gasteiger partial charge on any atom is 0.339 e. The summed E-state index contributed by atoms with van der Waals surface area (Å²) >= 11 is 0. The molecule has 1 aromatic rings. The number of nitrogens with one attached hydrogen (secondary N) is 1. The Hall–Kier alpha value is -2.10. The van der Waals surface area contributed by atoms with Crippen LogP contribution in [0, 0.1) is 6.92 Å². The minimum atomic E-state index is -0.468. The second kappa shape index (κ2) is 5.84. The van der Waals surface area contributed by atoms with Gasteiger partial charge >= 0.3 is 5.97 Å². The summed E-state index contributed by atoms with van der Waals surface area (Å²) in [5.41, 5.74) is 1.73. The fourth-order valence-corrected chi connectivity index (χ4v) is 1.37. The van der Waals surface area contributed by atoms with E-state index < -0.39 is 5.97 Å². The number of carbonyl (C=O) groups is 2. The third kappa shape index (κ3) is 3.45. The van der Waals surface area contributed by atoms with E-state index in [0.29, 0.717) is 11.3 Å². The first-order chi connectivity index (χ1) is 8.08. The molecule has 0 bridgehead atoms. The Morgan fingerprint density at radius 3 is 2.65 bits per heavy atom. The van der Waals surface area contributed by atoms with E-state index in [1.54, 1.807) is 25.1 Å². The van der Waals surface area contributed by atoms with Gasteiger partial charge in [-0.1, -0.05) is 17.7 Å². The van der Waals surface area contributed by atoms with Gasteiger partial charge in [0.25, 0.3) is 0 Å². The van der Waals surface area contributed by atoms with Crippen molar-refractivity contribution in [3.05, 3.63) is 41.5 Å². The number of benzene rings is 1. The van der Waals surface area contributed by atoms with E-state index in [1.807, 2.05) is 13.0 Å². The molecule has 1 N–H and O–H groups in total. The Morgan fingerprint density at radius 1 is 1.35 bits per heavy atom. The van der Waals surface area contributed by atoms with Gasteiger partial charge in [-0.3, -0.25) is 4.79 Å². The molecule has 0 fully saturated rings. The number of allylic oxidation sites excluding steroid dienone is 1. The van der Waals surface area contributed by atoms with E-state index in [1.165, 1.54) is 13.2 Å². The number of amides is 1. The SMILES string of the molecule is CC=CC(=O)Nc1ccc(C)cc1C(=O)OC. The lowest BCUT2D eigenvalue weighted by Crippen LogP contribution is -2.13. The number of hydrogen-bond donors (Lipinski definition) is 1. The standard InChI is InChI=1S/C13H15NO3/c1-4-5-12(15)14-11-7-6-9(2)8-10(11)13(16)17-3/h4-8H,1-3H3,(H,14,15). The van der Waals surface area contributed by atoms with Gasteiger partial charge in [-0.2, -0.15) is 0 Å². The van der Waals surface area contributed by atoms with Crippen molar-refractivity contribution in [2.24, 2.45) is 0 Å². The highest BCUT2D eigenvalue weighted by Gasteiger charge is 2.12. The molecule has 0 heterocycles. The highest BCUT2D eigenvalue weighted by atomic mass is 16.5. The largest absolute Gasteiger partial charge is 0.465 e. The third-order valence-corrected chi connectivity index (χ3v) is 2.16. The molecule has 0 aliphatic carbocycles. The minimum absolute atomic E-state index is 0.276. The predicted octanol–water partition coefficient (Wildman–Crippen LogP) is 2.30. The van der Waals surface area contributed by atoms with Gasteiger partial charge in [0.2, 0.25) is 5.91 Å². The van der Waals surface area contributed by atoms with Gasteiger partial charge in [0, 0.05) is 0 Å². The summed E-state index contributed by atoms with van der Waals surface area (Å²) < 4.78 is 4.67. The molecule has 1 rings (SSSR count). The van der Waals surface area contributed by atoms with Crippen molar-refractivity contribution in [3.63, 3.8) is 0 Å². The molecular weight excluding hydrogens is 218 g/mol. The van der Waals surface area contributed by atoms with Crippen LogP contribution in [-0.2, 0) is 9.53 Å². The lowest BCUT2D eigenvalue weighted by atomic mass is 10.1. The number of aryl methyl sites for hydroxylation is 1. The van der Waals surface area contributed by atoms with Crippen molar-refractivity contribution in [2.75, 3.05) is 12.4 Å². The normalized spacial score (nSPS) is 10.3. The summed E-state index contributed by atoms with van der Waals surface area (Å²) in [6.45, 7) is 3.61. The summed E-state index contributed by atoms with van der Waals surface area (Å²) in [7, 11) is 1.31. The molecule has 17 heavy (non-hydrogen) atoms. The minimum Gasteiger partial charge on any atom is -0.465 e. The van der Waals surface area contributed by atoms with Gasteiger partial charge in [0.15, 0.2) is 0 Å². The predicted molar refractivity (Wildman–Crippen MR) is 66.0 cm³/mol. The molecule has 0 atom stereocenters. The molecule has 90 valence electrons. The van der Waals surface area contributed by atoms with Crippen LogP contribution in [0.1, 0.15) is 22.8 Å². The number of esters is 1. The Bertz CT molecular complexity index is 464. The number of rotatable bonds is 3. The first-order valence-electron chi connectivity index (χ1n) is 5.21. The van der Waals surface area contributed by atoms with Crippen molar-refractivity contribution in [3.8, 4) is 0 Å². The molecule has 4 nitrogen and oxygen atoms in total. The van der Waals surface area contributed by atoms with Crippen LogP contribution in [0.5, 0.6) is 0 Å². The van der Waals surface area contributed by atoms with Crippen molar-refractivity contribution >= 4 is 17.6 Å². The van der Waals surface area contributed by atoms with E-state index in [-0.39, 0.29) is 5.91 Å². The molecule has 0 saturated carbocycles. The quantitative estimate of drug-likeness (QED) is 0.643. The third-order valence-electron chi connectivity index (χ3n) is 2.16. The molecule has 1 amide bonds. The molecule has 4 heteroatoms. The van der Waals surface area contributed by atoms with Crippen LogP contribution in [0.3, 0.4) is 0 Å². The fraction of sp³-hybridized carbons (Fsp3) is 0.231. The summed E-state index contributed by atoms with van der Waals surface area (Å²) in [5, 5.41) is 2.63. The average Bonchev–Trinajstić information content (AvgIpc) is 2.30. The average molecular weight is 233 g/mol. The maximum atomic E-state index is 11.5. The van der Waals surface area contributed by atoms with Gasteiger partial charge in [0.1, 0.15) is 0 Å². The van der Waals surface area contributed by atoms with Crippen LogP contribution in [0.25, 0.3) is 0 Å². The Kier molecular flexibility index (Phi) is 4.46. The maximum absolute atomic E-state index is 11.5. The molecule has 0 saturated heterocycles. The van der Waals surface area contributed by atoms with Gasteiger partial charge in [-0.25, -0.2) is 4.79 Å². The molecule has 0 aromatic heterocycles. The second-order valence-corrected chi connectivity index (χ2v) is 3.53.